The van der Waals surface area contributed by atoms with Gasteiger partial charge in [0.05, 0.1) is 4.92 Å². The van der Waals surface area contributed by atoms with E-state index in [0.717, 1.165) is 5.56 Å². The molecule has 0 aliphatic carbocycles. The van der Waals surface area contributed by atoms with E-state index in [-0.39, 0.29) is 5.69 Å². The van der Waals surface area contributed by atoms with Crippen molar-refractivity contribution in [1.29, 1.82) is 0 Å². The van der Waals surface area contributed by atoms with Crippen molar-refractivity contribution in [3.05, 3.63) is 69.2 Å². The van der Waals surface area contributed by atoms with Crippen molar-refractivity contribution in [3.63, 3.8) is 0 Å². The molecule has 5 nitrogen and oxygen atoms in total. The number of rotatable bonds is 4. The number of non-ortho nitro benzene ring substituents is 1. The summed E-state index contributed by atoms with van der Waals surface area (Å²) in [6.07, 6.45) is 0. The van der Waals surface area contributed by atoms with Gasteiger partial charge in [0, 0.05) is 36.4 Å². The second-order valence-electron chi connectivity index (χ2n) is 4.68. The van der Waals surface area contributed by atoms with Crippen LogP contribution in [0.3, 0.4) is 0 Å². The summed E-state index contributed by atoms with van der Waals surface area (Å²) in [5, 5.41) is 14.9. The Morgan fingerprint density at radius 2 is 1.91 bits per heavy atom. The Morgan fingerprint density at radius 3 is 2.50 bits per heavy atom. The number of thiocarbonyl (C=S) groups is 1. The van der Waals surface area contributed by atoms with E-state index in [1.54, 1.807) is 12.1 Å². The van der Waals surface area contributed by atoms with Gasteiger partial charge in [0.15, 0.2) is 5.11 Å². The van der Waals surface area contributed by atoms with Crippen molar-refractivity contribution in [2.45, 2.75) is 6.54 Å². The summed E-state index contributed by atoms with van der Waals surface area (Å²) in [4.78, 5) is 12.0. The van der Waals surface area contributed by atoms with E-state index < -0.39 is 4.92 Å². The van der Waals surface area contributed by atoms with Gasteiger partial charge < -0.3 is 10.2 Å². The summed E-state index contributed by atoms with van der Waals surface area (Å²) in [6.45, 7) is 0.568. The van der Waals surface area contributed by atoms with Gasteiger partial charge in [-0.1, -0.05) is 29.8 Å². The van der Waals surface area contributed by atoms with Crippen LogP contribution < -0.4 is 5.32 Å². The van der Waals surface area contributed by atoms with Crippen molar-refractivity contribution >= 4 is 40.3 Å². The molecule has 7 heteroatoms. The van der Waals surface area contributed by atoms with E-state index in [1.165, 1.54) is 12.1 Å². The van der Waals surface area contributed by atoms with Gasteiger partial charge in [-0.25, -0.2) is 0 Å². The molecule has 0 radical (unpaired) electrons. The highest BCUT2D eigenvalue weighted by molar-refractivity contribution is 7.80. The largest absolute Gasteiger partial charge is 0.348 e. The van der Waals surface area contributed by atoms with Gasteiger partial charge in [-0.3, -0.25) is 10.1 Å². The molecular weight excluding hydrogens is 322 g/mol. The topological polar surface area (TPSA) is 58.4 Å². The molecule has 0 fully saturated rings. The lowest BCUT2D eigenvalue weighted by atomic mass is 10.2. The molecule has 1 N–H and O–H groups in total. The number of hydrogen-bond acceptors (Lipinski definition) is 3. The van der Waals surface area contributed by atoms with Gasteiger partial charge in [-0.15, -0.1) is 0 Å². The Labute approximate surface area is 138 Å². The lowest BCUT2D eigenvalue weighted by molar-refractivity contribution is -0.384. The van der Waals surface area contributed by atoms with E-state index >= 15 is 0 Å². The van der Waals surface area contributed by atoms with E-state index in [2.05, 4.69) is 5.32 Å². The number of hydrogen-bond donors (Lipinski definition) is 1. The summed E-state index contributed by atoms with van der Waals surface area (Å²) >= 11 is 11.4. The zero-order valence-electron chi connectivity index (χ0n) is 11.8. The van der Waals surface area contributed by atoms with Crippen LogP contribution in [0.15, 0.2) is 48.5 Å². The SMILES string of the molecule is CN(Cc1ccccc1Cl)C(=S)Nc1ccc([N+](=O)[O-])cc1. The van der Waals surface area contributed by atoms with Crippen LogP contribution in [0.5, 0.6) is 0 Å². The predicted octanol–water partition coefficient (Wildman–Crippen LogP) is 4.08. The first kappa shape index (κ1) is 16.2. The van der Waals surface area contributed by atoms with E-state index in [4.69, 9.17) is 23.8 Å². The lowest BCUT2D eigenvalue weighted by Crippen LogP contribution is -2.30. The fourth-order valence-corrected chi connectivity index (χ4v) is 2.22. The van der Waals surface area contributed by atoms with Gasteiger partial charge in [0.1, 0.15) is 0 Å². The smallest absolute Gasteiger partial charge is 0.269 e. The molecule has 0 saturated carbocycles. The summed E-state index contributed by atoms with van der Waals surface area (Å²) in [7, 11) is 1.85. The molecule has 2 aromatic carbocycles. The molecule has 22 heavy (non-hydrogen) atoms. The van der Waals surface area contributed by atoms with Gasteiger partial charge in [0.2, 0.25) is 0 Å². The van der Waals surface area contributed by atoms with Crippen LogP contribution in [0.2, 0.25) is 5.02 Å². The number of nitro benzene ring substituents is 1. The molecular formula is C15H14ClN3O2S. The highest BCUT2D eigenvalue weighted by atomic mass is 35.5. The number of halogens is 1. The van der Waals surface area contributed by atoms with Gasteiger partial charge >= 0.3 is 0 Å². The predicted molar refractivity (Wildman–Crippen MR) is 92.2 cm³/mol. The fourth-order valence-electron chi connectivity index (χ4n) is 1.84. The van der Waals surface area contributed by atoms with Crippen LogP contribution in [-0.2, 0) is 6.54 Å². The lowest BCUT2D eigenvalue weighted by Gasteiger charge is -2.21. The molecule has 0 atom stereocenters. The molecule has 0 bridgehead atoms. The second kappa shape index (κ2) is 7.20. The molecule has 0 spiro atoms. The molecule has 114 valence electrons. The third-order valence-corrected chi connectivity index (χ3v) is 3.82. The summed E-state index contributed by atoms with van der Waals surface area (Å²) in [5.74, 6) is 0. The van der Waals surface area contributed by atoms with Crippen molar-refractivity contribution in [3.8, 4) is 0 Å². The Balaban J connectivity index is 1.99. The third kappa shape index (κ3) is 4.16. The molecule has 2 rings (SSSR count). The molecule has 0 aliphatic heterocycles. The van der Waals surface area contributed by atoms with Gasteiger partial charge in [-0.2, -0.15) is 0 Å². The quantitative estimate of drug-likeness (QED) is 0.518. The van der Waals surface area contributed by atoms with E-state index in [9.17, 15) is 10.1 Å². The Kier molecular flexibility index (Phi) is 5.30. The van der Waals surface area contributed by atoms with Crippen LogP contribution in [0.4, 0.5) is 11.4 Å². The Bertz CT molecular complexity index is 691. The zero-order chi connectivity index (χ0) is 16.1. The molecule has 0 saturated heterocycles. The number of nitrogens with one attached hydrogen (secondary N) is 1. The Hall–Kier alpha value is -2.18. The summed E-state index contributed by atoms with van der Waals surface area (Å²) in [6, 6.07) is 13.7. The summed E-state index contributed by atoms with van der Waals surface area (Å²) < 4.78 is 0. The number of nitro groups is 1. The van der Waals surface area contributed by atoms with Gasteiger partial charge in [-0.05, 0) is 36.0 Å². The minimum absolute atomic E-state index is 0.0425. The third-order valence-electron chi connectivity index (χ3n) is 3.04. The van der Waals surface area contributed by atoms with Gasteiger partial charge in [0.25, 0.3) is 5.69 Å². The summed E-state index contributed by atoms with van der Waals surface area (Å²) in [5.41, 5.74) is 1.71. The van der Waals surface area contributed by atoms with Crippen molar-refractivity contribution < 1.29 is 4.92 Å². The van der Waals surface area contributed by atoms with E-state index in [0.29, 0.717) is 22.4 Å². The molecule has 0 amide bonds. The minimum Gasteiger partial charge on any atom is -0.348 e. The second-order valence-corrected chi connectivity index (χ2v) is 5.48. The Morgan fingerprint density at radius 1 is 1.27 bits per heavy atom. The average molecular weight is 336 g/mol. The number of anilines is 1. The monoisotopic (exact) mass is 335 g/mol. The molecule has 2 aromatic rings. The van der Waals surface area contributed by atoms with Crippen LogP contribution >= 0.6 is 23.8 Å². The minimum atomic E-state index is -0.439. The number of benzene rings is 2. The average Bonchev–Trinajstić information content (AvgIpc) is 2.50. The van der Waals surface area contributed by atoms with Crippen LogP contribution in [0.25, 0.3) is 0 Å². The van der Waals surface area contributed by atoms with E-state index in [1.807, 2.05) is 36.2 Å². The first-order chi connectivity index (χ1) is 10.5. The fraction of sp³-hybridized carbons (Fsp3) is 0.133. The maximum atomic E-state index is 10.6. The van der Waals surface area contributed by atoms with Crippen LogP contribution in [-0.4, -0.2) is 22.0 Å². The number of nitrogens with zero attached hydrogens (tertiary/aromatic N) is 2. The maximum Gasteiger partial charge on any atom is 0.269 e. The molecule has 0 aliphatic rings. The van der Waals surface area contributed by atoms with Crippen LogP contribution in [0, 0.1) is 10.1 Å². The standard InChI is InChI=1S/C15H14ClN3O2S/c1-18(10-11-4-2-3-5-14(11)16)15(22)17-12-6-8-13(9-7-12)19(20)21/h2-9H,10H2,1H3,(H,17,22). The van der Waals surface area contributed by atoms with Crippen molar-refractivity contribution in [1.82, 2.24) is 4.90 Å². The molecule has 0 aromatic heterocycles. The first-order valence-electron chi connectivity index (χ1n) is 6.47. The first-order valence-corrected chi connectivity index (χ1v) is 7.26. The van der Waals surface area contributed by atoms with Crippen molar-refractivity contribution in [2.75, 3.05) is 12.4 Å². The normalized spacial score (nSPS) is 10.1. The van der Waals surface area contributed by atoms with Crippen LogP contribution in [0.1, 0.15) is 5.56 Å². The highest BCUT2D eigenvalue weighted by Gasteiger charge is 2.09. The van der Waals surface area contributed by atoms with Crippen molar-refractivity contribution in [2.24, 2.45) is 0 Å². The maximum absolute atomic E-state index is 10.6. The molecule has 0 unspecified atom stereocenters. The highest BCUT2D eigenvalue weighted by Crippen LogP contribution is 2.18. The zero-order valence-corrected chi connectivity index (χ0v) is 13.4. The molecule has 0 heterocycles.